The van der Waals surface area contributed by atoms with Crippen LogP contribution in [0.4, 0.5) is 0 Å². The Morgan fingerprint density at radius 1 is 0.741 bits per heavy atom. The molecule has 4 aromatic rings. The third kappa shape index (κ3) is 3.81. The zero-order valence-electron chi connectivity index (χ0n) is 14.8. The van der Waals surface area contributed by atoms with Gasteiger partial charge in [-0.25, -0.2) is 4.98 Å². The first kappa shape index (κ1) is 17.2. The summed E-state index contributed by atoms with van der Waals surface area (Å²) in [7, 11) is 0. The van der Waals surface area contributed by atoms with Crippen LogP contribution in [0.2, 0.25) is 0 Å². The molecule has 0 unspecified atom stereocenters. The van der Waals surface area contributed by atoms with Crippen molar-refractivity contribution in [1.82, 2.24) is 4.98 Å². The molecule has 4 heteroatoms. The summed E-state index contributed by atoms with van der Waals surface area (Å²) >= 11 is 1.38. The van der Waals surface area contributed by atoms with Crippen molar-refractivity contribution in [3.63, 3.8) is 0 Å². The molecule has 0 aliphatic carbocycles. The van der Waals surface area contributed by atoms with Gasteiger partial charge in [-0.05, 0) is 16.7 Å². The summed E-state index contributed by atoms with van der Waals surface area (Å²) in [6, 6.07) is 28.6. The Balaban J connectivity index is 1.76. The smallest absolute Gasteiger partial charge is 0.309 e. The highest BCUT2D eigenvalue weighted by molar-refractivity contribution is 7.17. The highest BCUT2D eigenvalue weighted by Crippen LogP contribution is 2.40. The van der Waals surface area contributed by atoms with E-state index >= 15 is 0 Å². The van der Waals surface area contributed by atoms with Crippen molar-refractivity contribution < 1.29 is 9.53 Å². The van der Waals surface area contributed by atoms with Crippen LogP contribution < -0.4 is 4.74 Å². The van der Waals surface area contributed by atoms with Crippen LogP contribution in [-0.4, -0.2) is 11.0 Å². The largest absolute Gasteiger partial charge is 0.398 e. The first-order valence-electron chi connectivity index (χ1n) is 8.61. The molecule has 0 N–H and O–H groups in total. The predicted molar refractivity (Wildman–Crippen MR) is 110 cm³/mol. The number of carbonyl (C=O) groups excluding carboxylic acids is 1. The Morgan fingerprint density at radius 3 is 1.85 bits per heavy atom. The summed E-state index contributed by atoms with van der Waals surface area (Å²) in [5.74, 6) is -0.366. The Labute approximate surface area is 161 Å². The van der Waals surface area contributed by atoms with E-state index in [9.17, 15) is 4.79 Å². The molecule has 0 radical (unpaired) electrons. The van der Waals surface area contributed by atoms with Crippen molar-refractivity contribution in [2.75, 3.05) is 0 Å². The fraction of sp³-hybridized carbons (Fsp3) is 0.0435. The van der Waals surface area contributed by atoms with Gasteiger partial charge in [-0.15, -0.1) is 0 Å². The topological polar surface area (TPSA) is 39.2 Å². The Hall–Kier alpha value is -3.24. The number of hydrogen-bond acceptors (Lipinski definition) is 4. The molecule has 0 fully saturated rings. The van der Waals surface area contributed by atoms with E-state index in [1.807, 2.05) is 48.5 Å². The van der Waals surface area contributed by atoms with Crippen LogP contribution >= 0.6 is 11.3 Å². The van der Waals surface area contributed by atoms with E-state index in [2.05, 4.69) is 41.4 Å². The summed E-state index contributed by atoms with van der Waals surface area (Å²) in [5.41, 5.74) is 5.18. The Kier molecular flexibility index (Phi) is 4.81. The van der Waals surface area contributed by atoms with E-state index in [1.165, 1.54) is 23.8 Å². The molecule has 3 nitrogen and oxygen atoms in total. The molecule has 1 heterocycles. The van der Waals surface area contributed by atoms with Crippen LogP contribution in [0.1, 0.15) is 6.92 Å². The second-order valence-electron chi connectivity index (χ2n) is 6.06. The van der Waals surface area contributed by atoms with E-state index < -0.39 is 0 Å². The van der Waals surface area contributed by atoms with Gasteiger partial charge in [0.15, 0.2) is 0 Å². The molecule has 0 saturated carbocycles. The number of benzene rings is 3. The summed E-state index contributed by atoms with van der Waals surface area (Å²) in [5, 5.41) is 0.364. The number of rotatable bonds is 4. The zero-order chi connectivity index (χ0) is 18.6. The van der Waals surface area contributed by atoms with Crippen LogP contribution in [0.5, 0.6) is 5.19 Å². The number of ether oxygens (including phenoxy) is 1. The third-order valence-corrected chi connectivity index (χ3v) is 5.12. The maximum atomic E-state index is 11.4. The minimum absolute atomic E-state index is 0.364. The van der Waals surface area contributed by atoms with Crippen molar-refractivity contribution in [3.05, 3.63) is 84.9 Å². The lowest BCUT2D eigenvalue weighted by Gasteiger charge is -2.05. The molecule has 0 amide bonds. The van der Waals surface area contributed by atoms with Gasteiger partial charge in [0, 0.05) is 12.5 Å². The monoisotopic (exact) mass is 371 g/mol. The van der Waals surface area contributed by atoms with E-state index in [0.29, 0.717) is 5.19 Å². The molecule has 132 valence electrons. The lowest BCUT2D eigenvalue weighted by Crippen LogP contribution is -2.00. The molecule has 0 spiro atoms. The molecular formula is C23H17NO2S. The maximum Gasteiger partial charge on any atom is 0.309 e. The van der Waals surface area contributed by atoms with Gasteiger partial charge in [-0.3, -0.25) is 4.79 Å². The first-order valence-corrected chi connectivity index (χ1v) is 9.43. The Bertz CT molecular complexity index is 1050. The van der Waals surface area contributed by atoms with Gasteiger partial charge >= 0.3 is 5.97 Å². The van der Waals surface area contributed by atoms with Gasteiger partial charge in [0.1, 0.15) is 0 Å². The number of carbonyl (C=O) groups is 1. The van der Waals surface area contributed by atoms with E-state index in [1.54, 1.807) is 0 Å². The van der Waals surface area contributed by atoms with Gasteiger partial charge < -0.3 is 4.74 Å². The molecule has 0 aliphatic heterocycles. The van der Waals surface area contributed by atoms with Crippen molar-refractivity contribution in [2.24, 2.45) is 0 Å². The molecule has 3 aromatic carbocycles. The van der Waals surface area contributed by atoms with E-state index in [-0.39, 0.29) is 5.97 Å². The second-order valence-corrected chi connectivity index (χ2v) is 7.02. The number of hydrogen-bond donors (Lipinski definition) is 0. The third-order valence-electron chi connectivity index (χ3n) is 4.14. The summed E-state index contributed by atoms with van der Waals surface area (Å²) in [4.78, 5) is 16.9. The lowest BCUT2D eigenvalue weighted by atomic mass is 10.0. The fourth-order valence-electron chi connectivity index (χ4n) is 2.90. The molecule has 4 rings (SSSR count). The highest BCUT2D eigenvalue weighted by atomic mass is 32.1. The minimum atomic E-state index is -0.366. The normalized spacial score (nSPS) is 10.6. The number of nitrogens with zero attached hydrogens (tertiary/aromatic N) is 1. The predicted octanol–water partition coefficient (Wildman–Crippen LogP) is 6.07. The van der Waals surface area contributed by atoms with Crippen molar-refractivity contribution >= 4 is 17.3 Å². The molecule has 0 atom stereocenters. The average molecular weight is 371 g/mol. The quantitative estimate of drug-likeness (QED) is 0.409. The van der Waals surface area contributed by atoms with Gasteiger partial charge in [-0.2, -0.15) is 0 Å². The summed E-state index contributed by atoms with van der Waals surface area (Å²) < 4.78 is 5.24. The van der Waals surface area contributed by atoms with Gasteiger partial charge in [0.2, 0.25) is 0 Å². The van der Waals surface area contributed by atoms with Crippen LogP contribution in [0.25, 0.3) is 32.8 Å². The van der Waals surface area contributed by atoms with E-state index in [0.717, 1.165) is 27.3 Å². The van der Waals surface area contributed by atoms with Gasteiger partial charge in [0.25, 0.3) is 5.19 Å². The van der Waals surface area contributed by atoms with Crippen LogP contribution in [-0.2, 0) is 4.79 Å². The summed E-state index contributed by atoms with van der Waals surface area (Å²) in [6.07, 6.45) is 0. The van der Waals surface area contributed by atoms with Gasteiger partial charge in [-0.1, -0.05) is 96.3 Å². The number of aromatic nitrogens is 1. The van der Waals surface area contributed by atoms with Crippen molar-refractivity contribution in [1.29, 1.82) is 0 Å². The maximum absolute atomic E-state index is 11.4. The average Bonchev–Trinajstić information content (AvgIpc) is 3.12. The number of esters is 1. The molecule has 0 bridgehead atoms. The lowest BCUT2D eigenvalue weighted by molar-refractivity contribution is -0.131. The highest BCUT2D eigenvalue weighted by Gasteiger charge is 2.17. The van der Waals surface area contributed by atoms with E-state index in [4.69, 9.17) is 4.74 Å². The zero-order valence-corrected chi connectivity index (χ0v) is 15.6. The SMILES string of the molecule is CC(=O)Oc1nc(-c2ccc(-c3ccccc3)cc2)c(-c2ccccc2)s1. The molecular weight excluding hydrogens is 354 g/mol. The Morgan fingerprint density at radius 2 is 1.26 bits per heavy atom. The molecule has 1 aromatic heterocycles. The fourth-order valence-corrected chi connectivity index (χ4v) is 3.88. The first-order chi connectivity index (χ1) is 13.2. The second kappa shape index (κ2) is 7.56. The molecule has 0 aliphatic rings. The standard InChI is InChI=1S/C23H17NO2S/c1-16(25)26-23-24-21(22(27-23)20-10-6-3-7-11-20)19-14-12-18(13-15-19)17-8-4-2-5-9-17/h2-15H,1H3. The minimum Gasteiger partial charge on any atom is -0.398 e. The molecule has 0 saturated heterocycles. The molecule has 27 heavy (non-hydrogen) atoms. The van der Waals surface area contributed by atoms with Gasteiger partial charge in [0.05, 0.1) is 10.6 Å². The van der Waals surface area contributed by atoms with Crippen molar-refractivity contribution in [2.45, 2.75) is 6.92 Å². The van der Waals surface area contributed by atoms with Crippen LogP contribution in [0.15, 0.2) is 84.9 Å². The van der Waals surface area contributed by atoms with Crippen LogP contribution in [0, 0.1) is 0 Å². The van der Waals surface area contributed by atoms with Crippen LogP contribution in [0.3, 0.4) is 0 Å². The number of thiazole rings is 1. The van der Waals surface area contributed by atoms with Crippen molar-refractivity contribution in [3.8, 4) is 38.0 Å². The summed E-state index contributed by atoms with van der Waals surface area (Å²) in [6.45, 7) is 1.39.